The molecule has 16 heavy (non-hydrogen) atoms. The second kappa shape index (κ2) is 15.8. The summed E-state index contributed by atoms with van der Waals surface area (Å²) >= 11 is 0. The molecular weight excluding hydrogens is 212 g/mol. The van der Waals surface area contributed by atoms with Gasteiger partial charge in [-0.1, -0.05) is 27.0 Å². The maximum Gasteiger partial charge on any atom is 0.327 e. The van der Waals surface area contributed by atoms with Gasteiger partial charge in [0.05, 0.1) is 0 Å². The summed E-state index contributed by atoms with van der Waals surface area (Å²) in [4.78, 5) is 18.5. The summed E-state index contributed by atoms with van der Waals surface area (Å²) in [6.07, 6.45) is 2.60. The minimum atomic E-state index is -0.981. The van der Waals surface area contributed by atoms with Crippen molar-refractivity contribution in [3.05, 3.63) is 25.3 Å². The van der Waals surface area contributed by atoms with Gasteiger partial charge in [0.25, 0.3) is 0 Å². The third-order valence-electron chi connectivity index (χ3n) is 1.06. The topological polar surface area (TPSA) is 94.8 Å². The Hall–Kier alpha value is -1.62. The van der Waals surface area contributed by atoms with Gasteiger partial charge < -0.3 is 15.3 Å². The largest absolute Gasteiger partial charge is 0.478 e. The normalized spacial score (nSPS) is 7.75. The standard InChI is InChI=1S/C5H12O.2C3H4O2/c1-5(2)3-4-6;2*1-2-3(4)5/h5-6H,3-4H2,1-2H3;2*2H,1H2,(H,4,5). The second-order valence-corrected chi connectivity index (χ2v) is 2.99. The minimum absolute atomic E-state index is 0.331. The number of aliphatic hydroxyl groups excluding tert-OH is 1. The van der Waals surface area contributed by atoms with Crippen molar-refractivity contribution in [2.45, 2.75) is 20.3 Å². The molecule has 0 atom stereocenters. The molecule has 0 saturated heterocycles. The molecule has 0 aliphatic heterocycles. The molecule has 0 radical (unpaired) electrons. The molecule has 94 valence electrons. The van der Waals surface area contributed by atoms with Crippen molar-refractivity contribution in [1.29, 1.82) is 0 Å². The van der Waals surface area contributed by atoms with Crippen molar-refractivity contribution in [2.24, 2.45) is 5.92 Å². The van der Waals surface area contributed by atoms with E-state index in [1.165, 1.54) is 0 Å². The number of hydrogen-bond acceptors (Lipinski definition) is 3. The highest BCUT2D eigenvalue weighted by Crippen LogP contribution is 1.94. The van der Waals surface area contributed by atoms with Gasteiger partial charge in [-0.3, -0.25) is 0 Å². The Morgan fingerprint density at radius 1 is 1.12 bits per heavy atom. The van der Waals surface area contributed by atoms with Gasteiger partial charge in [-0.15, -0.1) is 0 Å². The zero-order valence-corrected chi connectivity index (χ0v) is 9.72. The van der Waals surface area contributed by atoms with Crippen LogP contribution in [-0.4, -0.2) is 33.9 Å². The molecule has 0 aromatic carbocycles. The lowest BCUT2D eigenvalue weighted by Gasteiger charge is -1.95. The molecule has 0 amide bonds. The van der Waals surface area contributed by atoms with Crippen LogP contribution in [0.1, 0.15) is 20.3 Å². The molecule has 0 spiro atoms. The fourth-order valence-electron chi connectivity index (χ4n) is 0.258. The average Bonchev–Trinajstić information content (AvgIpc) is 2.19. The molecule has 0 aromatic rings. The average molecular weight is 232 g/mol. The van der Waals surface area contributed by atoms with Gasteiger partial charge in [-0.2, -0.15) is 0 Å². The Morgan fingerprint density at radius 3 is 1.38 bits per heavy atom. The maximum atomic E-state index is 9.25. The summed E-state index contributed by atoms with van der Waals surface area (Å²) in [6, 6.07) is 0. The van der Waals surface area contributed by atoms with E-state index in [4.69, 9.17) is 15.3 Å². The van der Waals surface area contributed by atoms with Gasteiger partial charge in [0.1, 0.15) is 0 Å². The van der Waals surface area contributed by atoms with Gasteiger partial charge in [0.15, 0.2) is 0 Å². The van der Waals surface area contributed by atoms with E-state index in [0.717, 1.165) is 18.6 Å². The minimum Gasteiger partial charge on any atom is -0.478 e. The van der Waals surface area contributed by atoms with Crippen molar-refractivity contribution in [3.8, 4) is 0 Å². The quantitative estimate of drug-likeness (QED) is 0.639. The van der Waals surface area contributed by atoms with Crippen LogP contribution in [0.4, 0.5) is 0 Å². The van der Waals surface area contributed by atoms with Crippen molar-refractivity contribution >= 4 is 11.9 Å². The predicted octanol–water partition coefficient (Wildman–Crippen LogP) is 1.54. The van der Waals surface area contributed by atoms with Crippen LogP contribution in [0.5, 0.6) is 0 Å². The molecule has 5 nitrogen and oxygen atoms in total. The van der Waals surface area contributed by atoms with Crippen LogP contribution >= 0.6 is 0 Å². The van der Waals surface area contributed by atoms with Gasteiger partial charge in [0, 0.05) is 18.8 Å². The summed E-state index contributed by atoms with van der Waals surface area (Å²) in [5.74, 6) is -1.31. The fraction of sp³-hybridized carbons (Fsp3) is 0.455. The molecule has 0 bridgehead atoms. The van der Waals surface area contributed by atoms with E-state index in [-0.39, 0.29) is 0 Å². The molecule has 5 heteroatoms. The molecule has 0 unspecified atom stereocenters. The molecule has 0 aromatic heterocycles. The smallest absolute Gasteiger partial charge is 0.327 e. The van der Waals surface area contributed by atoms with Crippen LogP contribution in [-0.2, 0) is 9.59 Å². The SMILES string of the molecule is C=CC(=O)O.C=CC(=O)O.CC(C)CCO. The summed E-state index contributed by atoms with van der Waals surface area (Å²) in [5, 5.41) is 23.4. The van der Waals surface area contributed by atoms with Crippen molar-refractivity contribution in [1.82, 2.24) is 0 Å². The summed E-state index contributed by atoms with van der Waals surface area (Å²) in [5.41, 5.74) is 0. The zero-order valence-electron chi connectivity index (χ0n) is 9.72. The van der Waals surface area contributed by atoms with Gasteiger partial charge in [-0.25, -0.2) is 9.59 Å². The number of hydrogen-bond donors (Lipinski definition) is 3. The van der Waals surface area contributed by atoms with Crippen molar-refractivity contribution < 1.29 is 24.9 Å². The predicted molar refractivity (Wildman–Crippen MR) is 62.2 cm³/mol. The summed E-state index contributed by atoms with van der Waals surface area (Å²) < 4.78 is 0. The van der Waals surface area contributed by atoms with E-state index < -0.39 is 11.9 Å². The Morgan fingerprint density at radius 2 is 1.38 bits per heavy atom. The molecule has 0 aliphatic rings. The molecule has 0 aliphatic carbocycles. The first kappa shape index (κ1) is 19.9. The first-order chi connectivity index (χ1) is 7.31. The lowest BCUT2D eigenvalue weighted by atomic mass is 10.2. The van der Waals surface area contributed by atoms with Crippen LogP contribution in [0.2, 0.25) is 0 Å². The Labute approximate surface area is 95.7 Å². The molecule has 0 fully saturated rings. The van der Waals surface area contributed by atoms with E-state index in [9.17, 15) is 9.59 Å². The highest BCUT2D eigenvalue weighted by molar-refractivity contribution is 5.79. The van der Waals surface area contributed by atoms with Crippen molar-refractivity contribution in [3.63, 3.8) is 0 Å². The lowest BCUT2D eigenvalue weighted by molar-refractivity contribution is -0.132. The molecule has 0 heterocycles. The van der Waals surface area contributed by atoms with E-state index in [2.05, 4.69) is 27.0 Å². The first-order valence-electron chi connectivity index (χ1n) is 4.63. The highest BCUT2D eigenvalue weighted by Gasteiger charge is 1.86. The lowest BCUT2D eigenvalue weighted by Crippen LogP contribution is -1.89. The van der Waals surface area contributed by atoms with Crippen LogP contribution < -0.4 is 0 Å². The second-order valence-electron chi connectivity index (χ2n) is 2.99. The maximum absolute atomic E-state index is 9.25. The molecule has 3 N–H and O–H groups in total. The van der Waals surface area contributed by atoms with E-state index in [0.29, 0.717) is 12.5 Å². The van der Waals surface area contributed by atoms with Crippen molar-refractivity contribution in [2.75, 3.05) is 6.61 Å². The first-order valence-corrected chi connectivity index (χ1v) is 4.63. The fourth-order valence-corrected chi connectivity index (χ4v) is 0.258. The third-order valence-corrected chi connectivity index (χ3v) is 1.06. The molecule has 0 rings (SSSR count). The van der Waals surface area contributed by atoms with Crippen LogP contribution in [0, 0.1) is 5.92 Å². The van der Waals surface area contributed by atoms with Crippen LogP contribution in [0.15, 0.2) is 25.3 Å². The number of rotatable bonds is 4. The number of carbonyl (C=O) groups is 2. The molecule has 0 saturated carbocycles. The Balaban J connectivity index is -0.000000160. The number of carboxylic acids is 2. The van der Waals surface area contributed by atoms with Crippen LogP contribution in [0.3, 0.4) is 0 Å². The number of aliphatic hydroxyl groups is 1. The summed E-state index contributed by atoms with van der Waals surface area (Å²) in [7, 11) is 0. The third kappa shape index (κ3) is 55.4. The van der Waals surface area contributed by atoms with E-state index >= 15 is 0 Å². The van der Waals surface area contributed by atoms with Crippen LogP contribution in [0.25, 0.3) is 0 Å². The van der Waals surface area contributed by atoms with Gasteiger partial charge in [0.2, 0.25) is 0 Å². The van der Waals surface area contributed by atoms with E-state index in [1.807, 2.05) is 0 Å². The number of carboxylic acid groups (broad SMARTS) is 2. The van der Waals surface area contributed by atoms with Gasteiger partial charge >= 0.3 is 11.9 Å². The Kier molecular flexibility index (Phi) is 19.7. The summed E-state index contributed by atoms with van der Waals surface area (Å²) in [6.45, 7) is 10.4. The highest BCUT2D eigenvalue weighted by atomic mass is 16.4. The number of aliphatic carboxylic acids is 2. The van der Waals surface area contributed by atoms with Gasteiger partial charge in [-0.05, 0) is 12.3 Å². The van der Waals surface area contributed by atoms with E-state index in [1.54, 1.807) is 0 Å². The monoisotopic (exact) mass is 232 g/mol. The Bertz CT molecular complexity index is 190. The zero-order chi connectivity index (χ0) is 13.6. The molecular formula is C11H20O5.